The number of thiophene rings is 1. The normalized spacial score (nSPS) is 17.4. The summed E-state index contributed by atoms with van der Waals surface area (Å²) in [6.07, 6.45) is 2.41. The molecule has 2 N–H and O–H groups in total. The summed E-state index contributed by atoms with van der Waals surface area (Å²) in [5.74, 6) is 1.64. The smallest absolute Gasteiger partial charge is 0.191 e. The highest BCUT2D eigenvalue weighted by Gasteiger charge is 2.22. The van der Waals surface area contributed by atoms with Crippen LogP contribution in [0.1, 0.15) is 29.3 Å². The average molecular weight is 513 g/mol. The van der Waals surface area contributed by atoms with E-state index < -0.39 is 0 Å². The van der Waals surface area contributed by atoms with Crippen LogP contribution in [0.4, 0.5) is 0 Å². The van der Waals surface area contributed by atoms with Crippen molar-refractivity contribution >= 4 is 41.3 Å². The summed E-state index contributed by atoms with van der Waals surface area (Å²) in [6, 6.07) is 13.0. The largest absolute Gasteiger partial charge is 0.357 e. The number of benzene rings is 1. The molecule has 6 heteroatoms. The van der Waals surface area contributed by atoms with Crippen molar-refractivity contribution in [2.45, 2.75) is 33.2 Å². The van der Waals surface area contributed by atoms with Gasteiger partial charge in [-0.05, 0) is 61.7 Å². The first-order chi connectivity index (χ1) is 13.2. The van der Waals surface area contributed by atoms with E-state index >= 15 is 0 Å². The minimum Gasteiger partial charge on any atom is -0.357 e. The fraction of sp³-hybridized carbons (Fsp3) is 0.500. The SMILES string of the molecule is CCNC(=NCc1sccc1C)NCC1CCN(CCc2ccccc2)C1.I. The topological polar surface area (TPSA) is 39.7 Å². The maximum atomic E-state index is 4.76. The maximum absolute atomic E-state index is 4.76. The minimum atomic E-state index is 0. The van der Waals surface area contributed by atoms with Crippen molar-refractivity contribution in [3.05, 3.63) is 57.8 Å². The van der Waals surface area contributed by atoms with Crippen molar-refractivity contribution in [2.24, 2.45) is 10.9 Å². The number of hydrogen-bond donors (Lipinski definition) is 2. The molecule has 0 aliphatic carbocycles. The highest BCUT2D eigenvalue weighted by atomic mass is 127. The number of aryl methyl sites for hydroxylation is 1. The summed E-state index contributed by atoms with van der Waals surface area (Å²) in [6.45, 7) is 10.5. The van der Waals surface area contributed by atoms with E-state index in [4.69, 9.17) is 4.99 Å². The van der Waals surface area contributed by atoms with Crippen LogP contribution in [0, 0.1) is 12.8 Å². The molecule has 4 nitrogen and oxygen atoms in total. The van der Waals surface area contributed by atoms with Gasteiger partial charge in [-0.3, -0.25) is 0 Å². The Kier molecular flexibility index (Phi) is 10.3. The molecule has 2 heterocycles. The van der Waals surface area contributed by atoms with E-state index in [1.54, 1.807) is 11.3 Å². The molecule has 0 bridgehead atoms. The Balaban J connectivity index is 0.00000280. The molecule has 3 rings (SSSR count). The second-order valence-corrected chi connectivity index (χ2v) is 8.29. The van der Waals surface area contributed by atoms with Gasteiger partial charge in [0, 0.05) is 31.1 Å². The Hall–Kier alpha value is -1.12. The molecular formula is C22H33IN4S. The number of likely N-dealkylation sites (tertiary alicyclic amines) is 1. The fourth-order valence-electron chi connectivity index (χ4n) is 3.51. The molecule has 1 aliphatic rings. The molecule has 28 heavy (non-hydrogen) atoms. The summed E-state index contributed by atoms with van der Waals surface area (Å²) >= 11 is 1.79. The zero-order valence-electron chi connectivity index (χ0n) is 17.0. The lowest BCUT2D eigenvalue weighted by Gasteiger charge is -2.17. The molecule has 1 aromatic carbocycles. The molecule has 2 aromatic rings. The predicted molar refractivity (Wildman–Crippen MR) is 132 cm³/mol. The molecule has 0 amide bonds. The molecule has 1 fully saturated rings. The van der Waals surface area contributed by atoms with Crippen LogP contribution >= 0.6 is 35.3 Å². The Labute approximate surface area is 190 Å². The minimum absolute atomic E-state index is 0. The molecule has 1 unspecified atom stereocenters. The standard InChI is InChI=1S/C22H32N4S.HI/c1-3-23-22(25-16-21-18(2)11-14-27-21)24-15-20-10-13-26(17-20)12-9-19-7-5-4-6-8-19;/h4-8,11,14,20H,3,9-10,12-13,15-17H2,1-2H3,(H2,23,24,25);1H. The molecular weight excluding hydrogens is 479 g/mol. The number of aliphatic imine (C=N–C) groups is 1. The number of guanidine groups is 1. The van der Waals surface area contributed by atoms with Crippen LogP contribution in [0.25, 0.3) is 0 Å². The van der Waals surface area contributed by atoms with Crippen LogP contribution in [0.5, 0.6) is 0 Å². The first-order valence-corrected chi connectivity index (χ1v) is 10.9. The zero-order valence-corrected chi connectivity index (χ0v) is 20.1. The van der Waals surface area contributed by atoms with Gasteiger partial charge in [-0.25, -0.2) is 4.99 Å². The van der Waals surface area contributed by atoms with Crippen molar-refractivity contribution in [3.63, 3.8) is 0 Å². The molecule has 0 spiro atoms. The lowest BCUT2D eigenvalue weighted by molar-refractivity contribution is 0.328. The van der Waals surface area contributed by atoms with Gasteiger partial charge >= 0.3 is 0 Å². The average Bonchev–Trinajstić information content (AvgIpc) is 3.32. The first kappa shape index (κ1) is 23.2. The van der Waals surface area contributed by atoms with Gasteiger partial charge in [0.25, 0.3) is 0 Å². The monoisotopic (exact) mass is 512 g/mol. The maximum Gasteiger partial charge on any atom is 0.191 e. The second-order valence-electron chi connectivity index (χ2n) is 7.29. The fourth-order valence-corrected chi connectivity index (χ4v) is 4.34. The number of hydrogen-bond acceptors (Lipinski definition) is 3. The van der Waals surface area contributed by atoms with Gasteiger partial charge in [-0.1, -0.05) is 30.3 Å². The third-order valence-electron chi connectivity index (χ3n) is 5.18. The third-order valence-corrected chi connectivity index (χ3v) is 6.19. The summed E-state index contributed by atoms with van der Waals surface area (Å²) in [5.41, 5.74) is 2.77. The van der Waals surface area contributed by atoms with Crippen molar-refractivity contribution in [1.29, 1.82) is 0 Å². The van der Waals surface area contributed by atoms with E-state index in [-0.39, 0.29) is 24.0 Å². The van der Waals surface area contributed by atoms with E-state index in [2.05, 4.69) is 71.2 Å². The van der Waals surface area contributed by atoms with Crippen LogP contribution in [-0.4, -0.2) is 43.6 Å². The predicted octanol–water partition coefficient (Wildman–Crippen LogP) is 4.29. The lowest BCUT2D eigenvalue weighted by Crippen LogP contribution is -2.40. The van der Waals surface area contributed by atoms with Gasteiger partial charge in [0.2, 0.25) is 0 Å². The number of halogens is 1. The molecule has 0 radical (unpaired) electrons. The summed E-state index contributed by atoms with van der Waals surface area (Å²) in [5, 5.41) is 9.07. The van der Waals surface area contributed by atoms with Gasteiger partial charge in [0.1, 0.15) is 0 Å². The second kappa shape index (κ2) is 12.4. The molecule has 0 saturated carbocycles. The van der Waals surface area contributed by atoms with Crippen LogP contribution in [0.2, 0.25) is 0 Å². The molecule has 1 aliphatic heterocycles. The van der Waals surface area contributed by atoms with Crippen LogP contribution in [-0.2, 0) is 13.0 Å². The van der Waals surface area contributed by atoms with E-state index in [1.165, 1.54) is 35.5 Å². The van der Waals surface area contributed by atoms with Gasteiger partial charge in [0.05, 0.1) is 6.54 Å². The van der Waals surface area contributed by atoms with E-state index in [0.29, 0.717) is 5.92 Å². The summed E-state index contributed by atoms with van der Waals surface area (Å²) < 4.78 is 0. The Morgan fingerprint density at radius 1 is 1.21 bits per heavy atom. The Morgan fingerprint density at radius 3 is 2.75 bits per heavy atom. The first-order valence-electron chi connectivity index (χ1n) is 10.1. The molecule has 1 aromatic heterocycles. The van der Waals surface area contributed by atoms with Crippen molar-refractivity contribution < 1.29 is 0 Å². The van der Waals surface area contributed by atoms with Crippen LogP contribution in [0.3, 0.4) is 0 Å². The lowest BCUT2D eigenvalue weighted by atomic mass is 10.1. The quantitative estimate of drug-likeness (QED) is 0.315. The third kappa shape index (κ3) is 7.37. The van der Waals surface area contributed by atoms with Gasteiger partial charge in [-0.2, -0.15) is 0 Å². The van der Waals surface area contributed by atoms with E-state index in [0.717, 1.165) is 38.6 Å². The number of rotatable bonds is 8. The molecule has 1 atom stereocenters. The van der Waals surface area contributed by atoms with Gasteiger partial charge in [-0.15, -0.1) is 35.3 Å². The van der Waals surface area contributed by atoms with Crippen LogP contribution in [0.15, 0.2) is 46.8 Å². The molecule has 154 valence electrons. The van der Waals surface area contributed by atoms with Crippen LogP contribution < -0.4 is 10.6 Å². The van der Waals surface area contributed by atoms with Crippen molar-refractivity contribution in [1.82, 2.24) is 15.5 Å². The Morgan fingerprint density at radius 2 is 2.04 bits per heavy atom. The van der Waals surface area contributed by atoms with Gasteiger partial charge < -0.3 is 15.5 Å². The van der Waals surface area contributed by atoms with Crippen molar-refractivity contribution in [2.75, 3.05) is 32.7 Å². The highest BCUT2D eigenvalue weighted by Crippen LogP contribution is 2.17. The summed E-state index contributed by atoms with van der Waals surface area (Å²) in [4.78, 5) is 8.71. The van der Waals surface area contributed by atoms with Gasteiger partial charge in [0.15, 0.2) is 5.96 Å². The highest BCUT2D eigenvalue weighted by molar-refractivity contribution is 14.0. The summed E-state index contributed by atoms with van der Waals surface area (Å²) in [7, 11) is 0. The molecule has 1 saturated heterocycles. The number of nitrogens with zero attached hydrogens (tertiary/aromatic N) is 2. The zero-order chi connectivity index (χ0) is 18.9. The number of nitrogens with one attached hydrogen (secondary N) is 2. The van der Waals surface area contributed by atoms with E-state index in [9.17, 15) is 0 Å². The van der Waals surface area contributed by atoms with Crippen molar-refractivity contribution in [3.8, 4) is 0 Å². The Bertz CT molecular complexity index is 716. The van der Waals surface area contributed by atoms with E-state index in [1.807, 2.05) is 0 Å².